The number of hydroxylamine groups is 2. The average molecular weight is 314 g/mol. The number of hydrogen-bond acceptors (Lipinski definition) is 4. The number of benzene rings is 1. The molecule has 0 saturated carbocycles. The van der Waals surface area contributed by atoms with Crippen LogP contribution in [0.25, 0.3) is 0 Å². The van der Waals surface area contributed by atoms with E-state index in [1.54, 1.807) is 0 Å². The smallest absolute Gasteiger partial charge is 0.273 e. The maximum Gasteiger partial charge on any atom is 0.273 e. The monoisotopic (exact) mass is 314 g/mol. The lowest BCUT2D eigenvalue weighted by atomic mass is 9.95. The number of halogens is 2. The molecule has 0 unspecified atom stereocenters. The molecule has 2 rings (SSSR count). The fraction of sp³-hybridized carbons (Fsp3) is 0.533. The average Bonchev–Trinajstić information content (AvgIpc) is 2.44. The van der Waals surface area contributed by atoms with Gasteiger partial charge in [-0.05, 0) is 24.0 Å². The van der Waals surface area contributed by atoms with Gasteiger partial charge in [-0.3, -0.25) is 4.79 Å². The van der Waals surface area contributed by atoms with E-state index in [4.69, 9.17) is 9.68 Å². The molecule has 1 aromatic rings. The number of hydrogen-bond donors (Lipinski definition) is 0. The van der Waals surface area contributed by atoms with Crippen molar-refractivity contribution in [1.82, 2.24) is 10.1 Å². The highest BCUT2D eigenvalue weighted by atomic mass is 19.1. The minimum atomic E-state index is -0.565. The number of nitrogens with zero attached hydrogens (tertiary/aromatic N) is 2. The molecule has 0 spiro atoms. The number of rotatable bonds is 7. The second kappa shape index (κ2) is 7.62. The van der Waals surface area contributed by atoms with E-state index in [0.717, 1.165) is 24.4 Å². The molecule has 1 amide bonds. The van der Waals surface area contributed by atoms with Crippen LogP contribution in [-0.4, -0.2) is 49.9 Å². The van der Waals surface area contributed by atoms with Gasteiger partial charge < -0.3 is 4.90 Å². The predicted octanol–water partition coefficient (Wildman–Crippen LogP) is 1.78. The first kappa shape index (κ1) is 16.8. The summed E-state index contributed by atoms with van der Waals surface area (Å²) in [6.45, 7) is 2.23. The first-order valence-electron chi connectivity index (χ1n) is 7.11. The van der Waals surface area contributed by atoms with Crippen molar-refractivity contribution >= 4 is 5.91 Å². The Morgan fingerprint density at radius 1 is 1.32 bits per heavy atom. The summed E-state index contributed by atoms with van der Waals surface area (Å²) >= 11 is 0. The molecule has 1 aliphatic rings. The quantitative estimate of drug-likeness (QED) is 0.720. The van der Waals surface area contributed by atoms with Gasteiger partial charge in [-0.25, -0.2) is 18.5 Å². The fourth-order valence-corrected chi connectivity index (χ4v) is 2.59. The number of amides is 1. The molecule has 7 heteroatoms. The SMILES string of the molecule is CON(OC)C(=O)CC1CN(CCc2ccc(F)cc2F)C1. The number of carbonyl (C=O) groups excluding carboxylic acids is 1. The maximum atomic E-state index is 13.5. The normalized spacial score (nSPS) is 15.6. The summed E-state index contributed by atoms with van der Waals surface area (Å²) in [6, 6.07) is 3.64. The van der Waals surface area contributed by atoms with E-state index in [0.29, 0.717) is 24.9 Å². The molecule has 22 heavy (non-hydrogen) atoms. The van der Waals surface area contributed by atoms with E-state index in [1.165, 1.54) is 26.4 Å². The van der Waals surface area contributed by atoms with Crippen molar-refractivity contribution in [2.75, 3.05) is 33.9 Å². The van der Waals surface area contributed by atoms with Crippen LogP contribution < -0.4 is 0 Å². The lowest BCUT2D eigenvalue weighted by molar-refractivity contribution is -0.318. The third-order valence-corrected chi connectivity index (χ3v) is 3.74. The summed E-state index contributed by atoms with van der Waals surface area (Å²) in [5, 5.41) is 0.858. The minimum Gasteiger partial charge on any atom is -0.302 e. The Kier molecular flexibility index (Phi) is 5.82. The topological polar surface area (TPSA) is 42.0 Å². The van der Waals surface area contributed by atoms with Crippen LogP contribution in [0, 0.1) is 17.6 Å². The van der Waals surface area contributed by atoms with Gasteiger partial charge in [0.25, 0.3) is 5.91 Å². The lowest BCUT2D eigenvalue weighted by Crippen LogP contribution is -2.49. The fourth-order valence-electron chi connectivity index (χ4n) is 2.59. The van der Waals surface area contributed by atoms with Crippen LogP contribution in [0.4, 0.5) is 8.78 Å². The van der Waals surface area contributed by atoms with E-state index in [2.05, 4.69) is 4.90 Å². The van der Waals surface area contributed by atoms with Crippen LogP contribution in [0.3, 0.4) is 0 Å². The van der Waals surface area contributed by atoms with Crippen LogP contribution in [-0.2, 0) is 20.9 Å². The van der Waals surface area contributed by atoms with Gasteiger partial charge in [0, 0.05) is 32.1 Å². The Bertz CT molecular complexity index is 518. The Hall–Kier alpha value is -1.57. The van der Waals surface area contributed by atoms with Crippen molar-refractivity contribution in [1.29, 1.82) is 0 Å². The molecule has 1 saturated heterocycles. The van der Waals surface area contributed by atoms with Crippen LogP contribution in [0.5, 0.6) is 0 Å². The van der Waals surface area contributed by atoms with E-state index >= 15 is 0 Å². The molecule has 1 heterocycles. The zero-order valence-electron chi connectivity index (χ0n) is 12.7. The third-order valence-electron chi connectivity index (χ3n) is 3.74. The first-order valence-corrected chi connectivity index (χ1v) is 7.11. The maximum absolute atomic E-state index is 13.5. The molecule has 1 aromatic carbocycles. The Balaban J connectivity index is 1.70. The van der Waals surface area contributed by atoms with Crippen LogP contribution in [0.2, 0.25) is 0 Å². The molecular formula is C15H20F2N2O3. The van der Waals surface area contributed by atoms with Crippen molar-refractivity contribution in [2.45, 2.75) is 12.8 Å². The van der Waals surface area contributed by atoms with E-state index in [9.17, 15) is 13.6 Å². The standard InChI is InChI=1S/C15H20F2N2O3/c1-21-19(22-2)15(20)7-11-9-18(10-11)6-5-12-3-4-13(16)8-14(12)17/h3-4,8,11H,5-7,9-10H2,1-2H3. The van der Waals surface area contributed by atoms with Gasteiger partial charge in [0.05, 0.1) is 14.2 Å². The zero-order chi connectivity index (χ0) is 16.1. The summed E-state index contributed by atoms with van der Waals surface area (Å²) in [6.07, 6.45) is 0.873. The van der Waals surface area contributed by atoms with Crippen LogP contribution in [0.1, 0.15) is 12.0 Å². The lowest BCUT2D eigenvalue weighted by Gasteiger charge is -2.39. The molecular weight excluding hydrogens is 294 g/mol. The molecule has 0 radical (unpaired) electrons. The highest BCUT2D eigenvalue weighted by molar-refractivity contribution is 5.74. The molecule has 5 nitrogen and oxygen atoms in total. The van der Waals surface area contributed by atoms with Gasteiger partial charge in [0.15, 0.2) is 0 Å². The second-order valence-corrected chi connectivity index (χ2v) is 5.33. The van der Waals surface area contributed by atoms with Gasteiger partial charge >= 0.3 is 0 Å². The molecule has 1 aliphatic heterocycles. The third kappa shape index (κ3) is 4.22. The van der Waals surface area contributed by atoms with Crippen molar-refractivity contribution < 1.29 is 23.3 Å². The molecule has 0 aliphatic carbocycles. The molecule has 122 valence electrons. The van der Waals surface area contributed by atoms with Gasteiger partial charge in [-0.2, -0.15) is 0 Å². The van der Waals surface area contributed by atoms with E-state index in [1.807, 2.05) is 0 Å². The summed E-state index contributed by atoms with van der Waals surface area (Å²) < 4.78 is 26.3. The van der Waals surface area contributed by atoms with Gasteiger partial charge in [0.2, 0.25) is 0 Å². The molecule has 0 bridgehead atoms. The van der Waals surface area contributed by atoms with Gasteiger partial charge in [-0.1, -0.05) is 11.3 Å². The van der Waals surface area contributed by atoms with Crippen molar-refractivity contribution in [3.8, 4) is 0 Å². The van der Waals surface area contributed by atoms with Gasteiger partial charge in [0.1, 0.15) is 11.6 Å². The second-order valence-electron chi connectivity index (χ2n) is 5.33. The predicted molar refractivity (Wildman–Crippen MR) is 75.5 cm³/mol. The zero-order valence-corrected chi connectivity index (χ0v) is 12.7. The highest BCUT2D eigenvalue weighted by Gasteiger charge is 2.30. The van der Waals surface area contributed by atoms with E-state index < -0.39 is 11.6 Å². The van der Waals surface area contributed by atoms with Crippen molar-refractivity contribution in [3.05, 3.63) is 35.4 Å². The molecule has 0 aromatic heterocycles. The Morgan fingerprint density at radius 3 is 2.59 bits per heavy atom. The summed E-state index contributed by atoms with van der Waals surface area (Å²) in [5.41, 5.74) is 0.505. The van der Waals surface area contributed by atoms with Gasteiger partial charge in [-0.15, -0.1) is 0 Å². The molecule has 0 atom stereocenters. The Labute approximate surface area is 128 Å². The number of carbonyl (C=O) groups is 1. The molecule has 1 fully saturated rings. The van der Waals surface area contributed by atoms with E-state index in [-0.39, 0.29) is 11.8 Å². The summed E-state index contributed by atoms with van der Waals surface area (Å²) in [7, 11) is 2.73. The Morgan fingerprint density at radius 2 is 2.00 bits per heavy atom. The highest BCUT2D eigenvalue weighted by Crippen LogP contribution is 2.21. The van der Waals surface area contributed by atoms with Crippen LogP contribution >= 0.6 is 0 Å². The summed E-state index contributed by atoms with van der Waals surface area (Å²) in [4.78, 5) is 23.4. The summed E-state index contributed by atoms with van der Waals surface area (Å²) in [5.74, 6) is -1.05. The molecule has 0 N–H and O–H groups in total. The van der Waals surface area contributed by atoms with Crippen molar-refractivity contribution in [3.63, 3.8) is 0 Å². The number of likely N-dealkylation sites (tertiary alicyclic amines) is 1. The van der Waals surface area contributed by atoms with Crippen molar-refractivity contribution in [2.24, 2.45) is 5.92 Å². The van der Waals surface area contributed by atoms with Crippen LogP contribution in [0.15, 0.2) is 18.2 Å². The minimum absolute atomic E-state index is 0.223. The largest absolute Gasteiger partial charge is 0.302 e. The first-order chi connectivity index (χ1) is 10.5.